The molecule has 1 fully saturated rings. The number of alkyl halides is 2. The molecule has 3 heterocycles. The lowest BCUT2D eigenvalue weighted by atomic mass is 9.98. The van der Waals surface area contributed by atoms with Gasteiger partial charge in [0, 0.05) is 30.8 Å². The van der Waals surface area contributed by atoms with Crippen molar-refractivity contribution in [1.29, 1.82) is 0 Å². The first-order valence-corrected chi connectivity index (χ1v) is 22.3. The van der Waals surface area contributed by atoms with Gasteiger partial charge in [-0.3, -0.25) is 33.8 Å². The Labute approximate surface area is 382 Å². The summed E-state index contributed by atoms with van der Waals surface area (Å²) in [6.07, 6.45) is 2.96. The lowest BCUT2D eigenvalue weighted by molar-refractivity contribution is -1.08. The van der Waals surface area contributed by atoms with Crippen molar-refractivity contribution in [1.82, 2.24) is 36.1 Å². The van der Waals surface area contributed by atoms with E-state index in [1.807, 2.05) is 48.5 Å². The van der Waals surface area contributed by atoms with Gasteiger partial charge in [-0.1, -0.05) is 102 Å². The first-order chi connectivity index (χ1) is 31.3. The van der Waals surface area contributed by atoms with Crippen LogP contribution in [0.4, 0.5) is 8.78 Å². The second-order valence-electron chi connectivity index (χ2n) is 17.8. The second kappa shape index (κ2) is 20.9. The minimum atomic E-state index is -4.57. The highest BCUT2D eigenvalue weighted by Crippen LogP contribution is 2.31. The van der Waals surface area contributed by atoms with Gasteiger partial charge in [-0.05, 0) is 53.1 Å². The minimum Gasteiger partial charge on any atom is -0.598 e. The molecule has 6 rings (SSSR count). The van der Waals surface area contributed by atoms with Gasteiger partial charge in [0.05, 0.1) is 24.8 Å². The van der Waals surface area contributed by atoms with Crippen LogP contribution >= 0.6 is 0 Å². The number of fused-ring (bicyclic) bond motifs is 2. The Morgan fingerprint density at radius 1 is 0.864 bits per heavy atom. The summed E-state index contributed by atoms with van der Waals surface area (Å²) in [6, 6.07) is 13.4. The SMILES string of the molecule is CCC[C@H](NC(=O)[C@@H]1C[C@@H](O[N+]2([O-])CCc3ccccc3C2)CN1C(=O)C(NC(=O)[C@@H](NC(=O)c1cnccn1)C(C)C)C(C)C)C(=O)C(F)(F)C(=O)N[C@@H](C)c1ccc2ccccc2c1. The molecule has 2 unspecified atom stereocenters. The molecule has 2 aliphatic heterocycles. The van der Waals surface area contributed by atoms with Gasteiger partial charge < -0.3 is 31.4 Å². The van der Waals surface area contributed by atoms with E-state index in [4.69, 9.17) is 4.84 Å². The fraction of sp³-hybridized carbons (Fsp3) is 0.458. The number of carbonyl (C=O) groups is 6. The predicted octanol–water partition coefficient (Wildman–Crippen LogP) is 4.86. The molecule has 0 radical (unpaired) electrons. The van der Waals surface area contributed by atoms with Crippen LogP contribution in [-0.4, -0.2) is 104 Å². The Balaban J connectivity index is 1.22. The van der Waals surface area contributed by atoms with Gasteiger partial charge in [0.2, 0.25) is 23.5 Å². The third-order valence-corrected chi connectivity index (χ3v) is 12.1. The van der Waals surface area contributed by atoms with Gasteiger partial charge in [-0.2, -0.15) is 13.6 Å². The smallest absolute Gasteiger partial charge is 0.383 e. The zero-order chi connectivity index (χ0) is 47.9. The number of amides is 5. The van der Waals surface area contributed by atoms with Gasteiger partial charge in [0.25, 0.3) is 11.8 Å². The second-order valence-corrected chi connectivity index (χ2v) is 17.8. The van der Waals surface area contributed by atoms with Crippen LogP contribution in [-0.2, 0) is 41.8 Å². The van der Waals surface area contributed by atoms with Crippen LogP contribution in [0.15, 0.2) is 85.3 Å². The number of quaternary nitrogens is 1. The summed E-state index contributed by atoms with van der Waals surface area (Å²) in [5, 5.41) is 25.9. The molecule has 16 nitrogen and oxygen atoms in total. The number of nitrogens with one attached hydrogen (secondary N) is 4. The molecule has 0 aliphatic carbocycles. The van der Waals surface area contributed by atoms with E-state index in [1.165, 1.54) is 25.5 Å². The van der Waals surface area contributed by atoms with Gasteiger partial charge >= 0.3 is 5.92 Å². The maximum absolute atomic E-state index is 15.9. The highest BCUT2D eigenvalue weighted by atomic mass is 19.3. The van der Waals surface area contributed by atoms with Crippen molar-refractivity contribution in [2.75, 3.05) is 13.1 Å². The van der Waals surface area contributed by atoms with Crippen molar-refractivity contribution >= 4 is 46.1 Å². The molecule has 2 aliphatic rings. The fourth-order valence-electron chi connectivity index (χ4n) is 8.42. The number of likely N-dealkylation sites (tertiary alicyclic amines) is 1. The molecule has 4 aromatic rings. The third-order valence-electron chi connectivity index (χ3n) is 12.1. The Morgan fingerprint density at radius 3 is 2.21 bits per heavy atom. The van der Waals surface area contributed by atoms with E-state index < -0.39 is 94.2 Å². The molecule has 5 amide bonds. The number of halogens is 2. The standard InChI is InChI=1S/C48H58F2N8O8/c1-7-12-37(42(59)48(49,50)47(64)53-30(6)33-18-17-31-13-8-10-15-34(31)23-33)54-44(61)39-24-36(66-58(65)22-19-32-14-9-11-16-35(32)27-58)26-57(39)46(63)41(29(4)5)56-45(62)40(28(2)3)55-43(60)38-25-51-20-21-52-38/h8-11,13-18,20-21,23,25,28-30,36-37,39-41H,7,12,19,22,24,26-27H2,1-6H3,(H,53,64)(H,54,61)(H,55,60)(H,56,62)/t30-,36+,37-,39-,40-,41?,58?/m0/s1. The molecule has 18 heteroatoms. The molecule has 7 atom stereocenters. The molecule has 0 saturated carbocycles. The van der Waals surface area contributed by atoms with E-state index in [1.54, 1.807) is 52.8 Å². The molecule has 0 spiro atoms. The van der Waals surface area contributed by atoms with E-state index in [0.29, 0.717) is 12.0 Å². The summed E-state index contributed by atoms with van der Waals surface area (Å²) in [4.78, 5) is 96.8. The van der Waals surface area contributed by atoms with E-state index in [0.717, 1.165) is 26.8 Å². The number of hydroxylamine groups is 4. The lowest BCUT2D eigenvalue weighted by Crippen LogP contribution is -2.60. The zero-order valence-corrected chi connectivity index (χ0v) is 38.0. The summed E-state index contributed by atoms with van der Waals surface area (Å²) < 4.78 is 31.8. The van der Waals surface area contributed by atoms with Crippen molar-refractivity contribution in [2.45, 2.75) is 116 Å². The summed E-state index contributed by atoms with van der Waals surface area (Å²) in [6.45, 7) is 9.56. The molecular weight excluding hydrogens is 855 g/mol. The Kier molecular flexibility index (Phi) is 15.6. The number of hydrogen-bond donors (Lipinski definition) is 4. The molecule has 4 N–H and O–H groups in total. The quantitative estimate of drug-likeness (QED) is 0.0605. The normalized spacial score (nSPS) is 20.2. The largest absolute Gasteiger partial charge is 0.598 e. The summed E-state index contributed by atoms with van der Waals surface area (Å²) in [7, 11) is 0. The zero-order valence-electron chi connectivity index (χ0n) is 38.0. The maximum Gasteiger partial charge on any atom is 0.383 e. The van der Waals surface area contributed by atoms with Gasteiger partial charge in [-0.25, -0.2) is 9.79 Å². The molecule has 66 heavy (non-hydrogen) atoms. The van der Waals surface area contributed by atoms with Crippen LogP contribution in [0.3, 0.4) is 0 Å². The number of Topliss-reactive ketones (excluding diaryl/α,β-unsaturated/α-hetero) is 1. The number of benzene rings is 3. The summed E-state index contributed by atoms with van der Waals surface area (Å²) in [5.41, 5.74) is 2.28. The highest BCUT2D eigenvalue weighted by molar-refractivity contribution is 6.11. The Bertz CT molecular complexity index is 2420. The average Bonchev–Trinajstić information content (AvgIpc) is 3.72. The van der Waals surface area contributed by atoms with Crippen LogP contribution < -0.4 is 21.3 Å². The molecule has 3 aromatic carbocycles. The van der Waals surface area contributed by atoms with Gasteiger partial charge in [0.1, 0.15) is 43.0 Å². The van der Waals surface area contributed by atoms with Crippen molar-refractivity contribution in [3.05, 3.63) is 113 Å². The molecule has 1 saturated heterocycles. The first-order valence-electron chi connectivity index (χ1n) is 22.3. The van der Waals surface area contributed by atoms with Crippen LogP contribution in [0.2, 0.25) is 0 Å². The monoisotopic (exact) mass is 912 g/mol. The van der Waals surface area contributed by atoms with Crippen LogP contribution in [0, 0.1) is 17.0 Å². The molecule has 0 bridgehead atoms. The van der Waals surface area contributed by atoms with Crippen LogP contribution in [0.25, 0.3) is 10.8 Å². The predicted molar refractivity (Wildman–Crippen MR) is 240 cm³/mol. The fourth-order valence-corrected chi connectivity index (χ4v) is 8.42. The van der Waals surface area contributed by atoms with E-state index >= 15 is 8.78 Å². The highest BCUT2D eigenvalue weighted by Gasteiger charge is 2.52. The number of ketones is 1. The number of nitrogens with zero attached hydrogens (tertiary/aromatic N) is 4. The topological polar surface area (TPSA) is 212 Å². The number of rotatable bonds is 18. The number of carbonyl (C=O) groups excluding carboxylic acids is 6. The van der Waals surface area contributed by atoms with Gasteiger partial charge in [-0.15, -0.1) is 0 Å². The first kappa shape index (κ1) is 49.2. The summed E-state index contributed by atoms with van der Waals surface area (Å²) >= 11 is 0. The van der Waals surface area contributed by atoms with Crippen LogP contribution in [0.1, 0.15) is 94.0 Å². The van der Waals surface area contributed by atoms with Crippen molar-refractivity contribution in [3.8, 4) is 0 Å². The van der Waals surface area contributed by atoms with Crippen LogP contribution in [0.5, 0.6) is 0 Å². The molecule has 1 aromatic heterocycles. The lowest BCUT2D eigenvalue weighted by Gasteiger charge is -2.43. The Morgan fingerprint density at radius 2 is 1.55 bits per heavy atom. The van der Waals surface area contributed by atoms with E-state index in [-0.39, 0.29) is 44.6 Å². The Hall–Kier alpha value is -6.24. The molecular formula is C48H58F2N8O8. The van der Waals surface area contributed by atoms with E-state index in [2.05, 4.69) is 31.2 Å². The summed E-state index contributed by atoms with van der Waals surface area (Å²) in [5.74, 6) is -12.4. The third kappa shape index (κ3) is 11.4. The van der Waals surface area contributed by atoms with Crippen molar-refractivity contribution in [3.63, 3.8) is 0 Å². The maximum atomic E-state index is 15.9. The number of hydrogen-bond acceptors (Lipinski definition) is 10. The average molecular weight is 913 g/mol. The number of aromatic nitrogens is 2. The van der Waals surface area contributed by atoms with Gasteiger partial charge in [0.15, 0.2) is 0 Å². The molecule has 352 valence electrons. The van der Waals surface area contributed by atoms with E-state index in [9.17, 15) is 34.0 Å². The minimum absolute atomic E-state index is 0.0331. The van der Waals surface area contributed by atoms with Crippen molar-refractivity contribution < 1.29 is 47.2 Å². The van der Waals surface area contributed by atoms with Crippen molar-refractivity contribution in [2.24, 2.45) is 11.8 Å².